The number of hydrogen-bond donors (Lipinski definition) is 1. The lowest BCUT2D eigenvalue weighted by Crippen LogP contribution is -2.13. The molecular weight excluding hydrogens is 221 g/mol. The van der Waals surface area contributed by atoms with Gasteiger partial charge in [-0.25, -0.2) is 4.39 Å². The number of carbonyl (C=O) groups is 1. The monoisotopic (exact) mass is 233 g/mol. The van der Waals surface area contributed by atoms with Gasteiger partial charge in [-0.3, -0.25) is 4.79 Å². The maximum absolute atomic E-state index is 13.8. The summed E-state index contributed by atoms with van der Waals surface area (Å²) in [5.74, 6) is -0.933. The highest BCUT2D eigenvalue weighted by atomic mass is 19.1. The molecule has 3 nitrogen and oxygen atoms in total. The van der Waals surface area contributed by atoms with E-state index in [9.17, 15) is 9.18 Å². The second kappa shape index (κ2) is 4.82. The summed E-state index contributed by atoms with van der Waals surface area (Å²) in [5.41, 5.74) is 4.89. The van der Waals surface area contributed by atoms with Gasteiger partial charge in [0.15, 0.2) is 11.6 Å². The number of amides is 1. The standard InChI is InChI=1S/C13H12FNO2/c14-12-10(13(15)16)7-4-8-11(12)17-9-5-2-1-3-6-9/h2,4-8H,1,3H2,(H2,15,16). The van der Waals surface area contributed by atoms with Crippen LogP contribution in [0.4, 0.5) is 4.39 Å². The summed E-state index contributed by atoms with van der Waals surface area (Å²) in [6.07, 6.45) is 7.42. The largest absolute Gasteiger partial charge is 0.455 e. The van der Waals surface area contributed by atoms with E-state index in [4.69, 9.17) is 10.5 Å². The van der Waals surface area contributed by atoms with Crippen LogP contribution in [-0.2, 0) is 0 Å². The number of carbonyl (C=O) groups excluding carboxylic acids is 1. The van der Waals surface area contributed by atoms with Gasteiger partial charge in [-0.05, 0) is 37.1 Å². The quantitative estimate of drug-likeness (QED) is 0.872. The molecular formula is C13H12FNO2. The number of halogens is 1. The van der Waals surface area contributed by atoms with Crippen molar-refractivity contribution in [1.82, 2.24) is 0 Å². The van der Waals surface area contributed by atoms with Crippen molar-refractivity contribution in [2.45, 2.75) is 12.8 Å². The maximum atomic E-state index is 13.8. The topological polar surface area (TPSA) is 52.3 Å². The van der Waals surface area contributed by atoms with Gasteiger partial charge in [0.25, 0.3) is 5.91 Å². The molecule has 4 heteroatoms. The van der Waals surface area contributed by atoms with Crippen LogP contribution in [0.25, 0.3) is 0 Å². The van der Waals surface area contributed by atoms with Crippen molar-refractivity contribution < 1.29 is 13.9 Å². The molecule has 0 saturated heterocycles. The number of hydrogen-bond acceptors (Lipinski definition) is 2. The van der Waals surface area contributed by atoms with Crippen LogP contribution in [0, 0.1) is 5.82 Å². The Labute approximate surface area is 98.4 Å². The van der Waals surface area contributed by atoms with Crippen molar-refractivity contribution in [2.75, 3.05) is 0 Å². The summed E-state index contributed by atoms with van der Waals surface area (Å²) in [4.78, 5) is 11.0. The van der Waals surface area contributed by atoms with Gasteiger partial charge in [-0.2, -0.15) is 0 Å². The predicted octanol–water partition coefficient (Wildman–Crippen LogP) is 2.54. The zero-order valence-electron chi connectivity index (χ0n) is 9.15. The lowest BCUT2D eigenvalue weighted by atomic mass is 10.1. The molecule has 1 amide bonds. The van der Waals surface area contributed by atoms with Gasteiger partial charge in [-0.15, -0.1) is 0 Å². The highest BCUT2D eigenvalue weighted by molar-refractivity contribution is 5.93. The van der Waals surface area contributed by atoms with Gasteiger partial charge < -0.3 is 10.5 Å². The molecule has 0 heterocycles. The van der Waals surface area contributed by atoms with Crippen LogP contribution in [0.2, 0.25) is 0 Å². The van der Waals surface area contributed by atoms with E-state index in [2.05, 4.69) is 0 Å². The highest BCUT2D eigenvalue weighted by Crippen LogP contribution is 2.23. The van der Waals surface area contributed by atoms with Gasteiger partial charge in [0.1, 0.15) is 5.76 Å². The average Bonchev–Trinajstić information content (AvgIpc) is 2.33. The molecule has 1 aliphatic rings. The van der Waals surface area contributed by atoms with E-state index in [0.717, 1.165) is 12.8 Å². The second-order valence-corrected chi connectivity index (χ2v) is 3.67. The summed E-state index contributed by atoms with van der Waals surface area (Å²) in [6.45, 7) is 0. The number of allylic oxidation sites excluding steroid dienone is 3. The number of ether oxygens (including phenoxy) is 1. The summed E-state index contributed by atoms with van der Waals surface area (Å²) in [6, 6.07) is 4.33. The summed E-state index contributed by atoms with van der Waals surface area (Å²) >= 11 is 0. The smallest absolute Gasteiger partial charge is 0.251 e. The molecule has 0 fully saturated rings. The van der Waals surface area contributed by atoms with Gasteiger partial charge in [0.05, 0.1) is 5.56 Å². The highest BCUT2D eigenvalue weighted by Gasteiger charge is 2.14. The van der Waals surface area contributed by atoms with Crippen molar-refractivity contribution in [2.24, 2.45) is 5.73 Å². The first-order chi connectivity index (χ1) is 8.18. The molecule has 0 aromatic heterocycles. The van der Waals surface area contributed by atoms with E-state index in [1.807, 2.05) is 12.2 Å². The van der Waals surface area contributed by atoms with E-state index in [1.165, 1.54) is 18.2 Å². The Bertz CT molecular complexity index is 506. The van der Waals surface area contributed by atoms with E-state index in [0.29, 0.717) is 5.76 Å². The van der Waals surface area contributed by atoms with Crippen molar-refractivity contribution in [3.63, 3.8) is 0 Å². The molecule has 0 unspecified atom stereocenters. The summed E-state index contributed by atoms with van der Waals surface area (Å²) < 4.78 is 19.2. The Balaban J connectivity index is 2.27. The van der Waals surface area contributed by atoms with Gasteiger partial charge in [0.2, 0.25) is 0 Å². The van der Waals surface area contributed by atoms with E-state index < -0.39 is 11.7 Å². The van der Waals surface area contributed by atoms with E-state index in [1.54, 1.807) is 6.08 Å². The zero-order valence-corrected chi connectivity index (χ0v) is 9.15. The fraction of sp³-hybridized carbons (Fsp3) is 0.154. The molecule has 1 aromatic rings. The molecule has 0 bridgehead atoms. The number of primary amides is 1. The molecule has 17 heavy (non-hydrogen) atoms. The van der Waals surface area contributed by atoms with Crippen LogP contribution < -0.4 is 10.5 Å². The molecule has 0 saturated carbocycles. The minimum Gasteiger partial charge on any atom is -0.455 e. The minimum atomic E-state index is -0.805. The molecule has 2 N–H and O–H groups in total. The van der Waals surface area contributed by atoms with Crippen molar-refractivity contribution in [3.8, 4) is 5.75 Å². The van der Waals surface area contributed by atoms with E-state index >= 15 is 0 Å². The normalized spacial score (nSPS) is 14.3. The van der Waals surface area contributed by atoms with Crippen LogP contribution in [0.15, 0.2) is 42.2 Å². The van der Waals surface area contributed by atoms with Crippen molar-refractivity contribution >= 4 is 5.91 Å². The molecule has 0 aliphatic heterocycles. The maximum Gasteiger partial charge on any atom is 0.251 e. The molecule has 0 spiro atoms. The molecule has 1 aliphatic carbocycles. The Kier molecular flexibility index (Phi) is 3.23. The number of benzene rings is 1. The molecule has 1 aromatic carbocycles. The third-order valence-electron chi connectivity index (χ3n) is 2.42. The Morgan fingerprint density at radius 3 is 2.82 bits per heavy atom. The third kappa shape index (κ3) is 2.53. The summed E-state index contributed by atoms with van der Waals surface area (Å²) in [5, 5.41) is 0. The minimum absolute atomic E-state index is 0.0131. The van der Waals surface area contributed by atoms with Gasteiger partial charge in [0, 0.05) is 0 Å². The number of rotatable bonds is 3. The molecule has 88 valence electrons. The third-order valence-corrected chi connectivity index (χ3v) is 2.42. The van der Waals surface area contributed by atoms with Crippen LogP contribution in [0.3, 0.4) is 0 Å². The number of nitrogens with two attached hydrogens (primary N) is 1. The van der Waals surface area contributed by atoms with Crippen LogP contribution in [-0.4, -0.2) is 5.91 Å². The summed E-state index contributed by atoms with van der Waals surface area (Å²) in [7, 11) is 0. The first-order valence-corrected chi connectivity index (χ1v) is 5.31. The first kappa shape index (κ1) is 11.4. The van der Waals surface area contributed by atoms with E-state index in [-0.39, 0.29) is 11.3 Å². The lowest BCUT2D eigenvalue weighted by Gasteiger charge is -2.11. The first-order valence-electron chi connectivity index (χ1n) is 5.31. The fourth-order valence-electron chi connectivity index (χ4n) is 1.57. The van der Waals surface area contributed by atoms with Crippen LogP contribution in [0.1, 0.15) is 23.2 Å². The predicted molar refractivity (Wildman–Crippen MR) is 62.0 cm³/mol. The second-order valence-electron chi connectivity index (χ2n) is 3.67. The molecule has 0 atom stereocenters. The van der Waals surface area contributed by atoms with Crippen LogP contribution >= 0.6 is 0 Å². The SMILES string of the molecule is NC(=O)c1cccc(OC2=CCCC=C2)c1F. The van der Waals surface area contributed by atoms with Crippen LogP contribution in [0.5, 0.6) is 5.75 Å². The molecule has 2 rings (SSSR count). The van der Waals surface area contributed by atoms with Gasteiger partial charge >= 0.3 is 0 Å². The van der Waals surface area contributed by atoms with Gasteiger partial charge in [-0.1, -0.05) is 12.1 Å². The van der Waals surface area contributed by atoms with Crippen molar-refractivity contribution in [3.05, 3.63) is 53.6 Å². The fourth-order valence-corrected chi connectivity index (χ4v) is 1.57. The average molecular weight is 233 g/mol. The lowest BCUT2D eigenvalue weighted by molar-refractivity contribution is 0.0995. The Morgan fingerprint density at radius 2 is 2.18 bits per heavy atom. The van der Waals surface area contributed by atoms with Crippen molar-refractivity contribution in [1.29, 1.82) is 0 Å². The Hall–Kier alpha value is -2.10. The molecule has 0 radical (unpaired) electrons. The zero-order chi connectivity index (χ0) is 12.3. The Morgan fingerprint density at radius 1 is 1.35 bits per heavy atom.